The number of nitrogens with one attached hydrogen (secondary N) is 1. The van der Waals surface area contributed by atoms with Gasteiger partial charge in [0.25, 0.3) is 0 Å². The Morgan fingerprint density at radius 2 is 1.88 bits per heavy atom. The van der Waals surface area contributed by atoms with E-state index in [2.05, 4.69) is 10.3 Å². The lowest BCUT2D eigenvalue weighted by atomic mass is 10.1. The average molecular weight is 300 g/mol. The van der Waals surface area contributed by atoms with Crippen molar-refractivity contribution in [2.24, 2.45) is 4.99 Å². The maximum Gasteiger partial charge on any atom is 0.101 e. The number of amidine groups is 1. The SMILES string of the molecule is Cl.Clc1ccc(Cl)c(CC2=NCCN2)c1Cl. The molecular weight excluding hydrogens is 290 g/mol. The predicted molar refractivity (Wildman–Crippen MR) is 72.7 cm³/mol. The summed E-state index contributed by atoms with van der Waals surface area (Å²) in [5.41, 5.74) is 0.832. The molecule has 1 N–H and O–H groups in total. The van der Waals surface area contributed by atoms with Gasteiger partial charge in [-0.05, 0) is 17.7 Å². The molecule has 1 aliphatic rings. The van der Waals surface area contributed by atoms with Gasteiger partial charge >= 0.3 is 0 Å². The Labute approximate surface area is 115 Å². The van der Waals surface area contributed by atoms with Gasteiger partial charge in [-0.15, -0.1) is 12.4 Å². The molecule has 0 radical (unpaired) electrons. The number of halogens is 4. The molecule has 0 atom stereocenters. The summed E-state index contributed by atoms with van der Waals surface area (Å²) >= 11 is 18.1. The molecule has 0 bridgehead atoms. The average Bonchev–Trinajstić information content (AvgIpc) is 2.71. The van der Waals surface area contributed by atoms with Crippen molar-refractivity contribution in [2.75, 3.05) is 13.1 Å². The number of aliphatic imine (C=N–C) groups is 1. The summed E-state index contributed by atoms with van der Waals surface area (Å²) < 4.78 is 0. The quantitative estimate of drug-likeness (QED) is 0.829. The first-order valence-electron chi connectivity index (χ1n) is 4.58. The summed E-state index contributed by atoms with van der Waals surface area (Å²) in [4.78, 5) is 4.29. The molecule has 88 valence electrons. The lowest BCUT2D eigenvalue weighted by Gasteiger charge is -2.08. The number of hydrogen-bond acceptors (Lipinski definition) is 2. The Hall–Kier alpha value is -0.150. The standard InChI is InChI=1S/C10H9Cl3N2.ClH/c11-7-1-2-8(12)10(13)6(7)5-9-14-3-4-15-9;/h1-2H,3-5H2,(H,14,15);1H. The van der Waals surface area contributed by atoms with Crippen LogP contribution in [0.1, 0.15) is 5.56 Å². The highest BCUT2D eigenvalue weighted by Crippen LogP contribution is 2.31. The van der Waals surface area contributed by atoms with Gasteiger partial charge in [0.05, 0.1) is 16.6 Å². The van der Waals surface area contributed by atoms with Gasteiger partial charge < -0.3 is 5.32 Å². The summed E-state index contributed by atoms with van der Waals surface area (Å²) in [6.45, 7) is 1.69. The van der Waals surface area contributed by atoms with Crippen LogP contribution < -0.4 is 5.32 Å². The largest absolute Gasteiger partial charge is 0.372 e. The molecule has 0 saturated heterocycles. The molecule has 0 saturated carbocycles. The minimum Gasteiger partial charge on any atom is -0.372 e. The maximum absolute atomic E-state index is 6.08. The van der Waals surface area contributed by atoms with E-state index in [4.69, 9.17) is 34.8 Å². The fourth-order valence-electron chi connectivity index (χ4n) is 1.46. The van der Waals surface area contributed by atoms with Crippen molar-refractivity contribution in [3.63, 3.8) is 0 Å². The smallest absolute Gasteiger partial charge is 0.101 e. The molecule has 1 aromatic rings. The fourth-order valence-corrected chi connectivity index (χ4v) is 2.15. The van der Waals surface area contributed by atoms with Crippen LogP contribution >= 0.6 is 47.2 Å². The summed E-state index contributed by atoms with van der Waals surface area (Å²) in [5.74, 6) is 0.918. The monoisotopic (exact) mass is 298 g/mol. The molecule has 2 rings (SSSR count). The van der Waals surface area contributed by atoms with Crippen molar-refractivity contribution < 1.29 is 0 Å². The summed E-state index contributed by atoms with van der Waals surface area (Å²) in [6.07, 6.45) is 0.609. The van der Waals surface area contributed by atoms with E-state index in [1.54, 1.807) is 12.1 Å². The third kappa shape index (κ3) is 2.95. The van der Waals surface area contributed by atoms with Crippen LogP contribution in [0.2, 0.25) is 15.1 Å². The van der Waals surface area contributed by atoms with Crippen LogP contribution in [0.5, 0.6) is 0 Å². The maximum atomic E-state index is 6.08. The van der Waals surface area contributed by atoms with E-state index >= 15 is 0 Å². The molecule has 2 nitrogen and oxygen atoms in total. The molecule has 0 spiro atoms. The molecule has 0 unspecified atom stereocenters. The van der Waals surface area contributed by atoms with Crippen LogP contribution in [0.25, 0.3) is 0 Å². The van der Waals surface area contributed by atoms with Gasteiger partial charge in [0, 0.05) is 18.0 Å². The molecule has 0 fully saturated rings. The lowest BCUT2D eigenvalue weighted by Crippen LogP contribution is -2.20. The van der Waals surface area contributed by atoms with Gasteiger partial charge in [-0.2, -0.15) is 0 Å². The highest BCUT2D eigenvalue weighted by molar-refractivity contribution is 6.44. The van der Waals surface area contributed by atoms with E-state index in [1.165, 1.54) is 0 Å². The first-order valence-corrected chi connectivity index (χ1v) is 5.71. The van der Waals surface area contributed by atoms with Crippen LogP contribution in [0.4, 0.5) is 0 Å². The van der Waals surface area contributed by atoms with Crippen molar-refractivity contribution in [1.29, 1.82) is 0 Å². The van der Waals surface area contributed by atoms with Crippen LogP contribution in [0.15, 0.2) is 17.1 Å². The summed E-state index contributed by atoms with van der Waals surface area (Å²) in [5, 5.41) is 4.83. The second-order valence-corrected chi connectivity index (χ2v) is 4.45. The molecular formula is C10H10Cl4N2. The van der Waals surface area contributed by atoms with E-state index in [0.717, 1.165) is 24.5 Å². The van der Waals surface area contributed by atoms with Crippen molar-refractivity contribution in [3.8, 4) is 0 Å². The first kappa shape index (κ1) is 13.9. The molecule has 0 aliphatic carbocycles. The van der Waals surface area contributed by atoms with Crippen molar-refractivity contribution in [2.45, 2.75) is 6.42 Å². The highest BCUT2D eigenvalue weighted by Gasteiger charge is 2.13. The third-order valence-corrected chi connectivity index (χ3v) is 3.42. The van der Waals surface area contributed by atoms with Crippen LogP contribution in [0, 0.1) is 0 Å². The van der Waals surface area contributed by atoms with Gasteiger partial charge in [0.1, 0.15) is 5.84 Å². The van der Waals surface area contributed by atoms with Gasteiger partial charge in [-0.25, -0.2) is 0 Å². The first-order chi connectivity index (χ1) is 7.18. The van der Waals surface area contributed by atoms with E-state index in [1.807, 2.05) is 0 Å². The second-order valence-electron chi connectivity index (χ2n) is 3.25. The Morgan fingerprint density at radius 1 is 1.19 bits per heavy atom. The Balaban J connectivity index is 0.00000128. The van der Waals surface area contributed by atoms with Gasteiger partial charge in [-0.1, -0.05) is 34.8 Å². The summed E-state index contributed by atoms with van der Waals surface area (Å²) in [6, 6.07) is 3.44. The third-order valence-electron chi connectivity index (χ3n) is 2.23. The summed E-state index contributed by atoms with van der Waals surface area (Å²) in [7, 11) is 0. The number of hydrogen-bond donors (Lipinski definition) is 1. The molecule has 16 heavy (non-hydrogen) atoms. The van der Waals surface area contributed by atoms with Gasteiger partial charge in [-0.3, -0.25) is 4.99 Å². The molecule has 0 aromatic heterocycles. The fraction of sp³-hybridized carbons (Fsp3) is 0.300. The minimum absolute atomic E-state index is 0. The minimum atomic E-state index is 0. The van der Waals surface area contributed by atoms with Crippen LogP contribution in [-0.2, 0) is 6.42 Å². The predicted octanol–water partition coefficient (Wildman–Crippen LogP) is 3.61. The molecule has 6 heteroatoms. The number of rotatable bonds is 2. The Kier molecular flexibility index (Phi) is 5.19. The molecule has 1 aliphatic heterocycles. The number of nitrogens with zero attached hydrogens (tertiary/aromatic N) is 1. The van der Waals surface area contributed by atoms with Gasteiger partial charge in [0.15, 0.2) is 0 Å². The normalized spacial score (nSPS) is 14.1. The highest BCUT2D eigenvalue weighted by atomic mass is 35.5. The van der Waals surface area contributed by atoms with Crippen molar-refractivity contribution in [1.82, 2.24) is 5.32 Å². The van der Waals surface area contributed by atoms with Crippen LogP contribution in [0.3, 0.4) is 0 Å². The molecule has 1 heterocycles. The lowest BCUT2D eigenvalue weighted by molar-refractivity contribution is 0.953. The van der Waals surface area contributed by atoms with Crippen molar-refractivity contribution in [3.05, 3.63) is 32.8 Å². The topological polar surface area (TPSA) is 24.4 Å². The Bertz CT molecular complexity index is 418. The van der Waals surface area contributed by atoms with E-state index in [0.29, 0.717) is 21.5 Å². The van der Waals surface area contributed by atoms with Crippen molar-refractivity contribution >= 4 is 53.0 Å². The number of benzene rings is 1. The van der Waals surface area contributed by atoms with Crippen LogP contribution in [-0.4, -0.2) is 18.9 Å². The zero-order valence-corrected chi connectivity index (χ0v) is 11.3. The van der Waals surface area contributed by atoms with Gasteiger partial charge in [0.2, 0.25) is 0 Å². The van der Waals surface area contributed by atoms with E-state index in [-0.39, 0.29) is 12.4 Å². The van der Waals surface area contributed by atoms with E-state index in [9.17, 15) is 0 Å². The second kappa shape index (κ2) is 5.97. The zero-order chi connectivity index (χ0) is 10.8. The zero-order valence-electron chi connectivity index (χ0n) is 8.27. The Morgan fingerprint density at radius 3 is 2.50 bits per heavy atom. The molecule has 0 amide bonds. The molecule has 1 aromatic carbocycles. The van der Waals surface area contributed by atoms with E-state index < -0.39 is 0 Å².